The van der Waals surface area contributed by atoms with Gasteiger partial charge in [0.1, 0.15) is 11.2 Å². The number of carbonyl (C=O) groups excluding carboxylic acids is 1. The molecular formula is C15H18ClF3N2O2S2. The number of ether oxygens (including phenoxy) is 1. The van der Waals surface area contributed by atoms with E-state index in [-0.39, 0.29) is 10.8 Å². The molecule has 0 aromatic carbocycles. The van der Waals surface area contributed by atoms with Crippen molar-refractivity contribution >= 4 is 51.7 Å². The highest BCUT2D eigenvalue weighted by molar-refractivity contribution is 8.23. The van der Waals surface area contributed by atoms with E-state index >= 15 is 0 Å². The van der Waals surface area contributed by atoms with Crippen LogP contribution < -0.4 is 5.32 Å². The summed E-state index contributed by atoms with van der Waals surface area (Å²) in [6.45, 7) is 3.76. The zero-order valence-corrected chi connectivity index (χ0v) is 16.0. The molecule has 0 fully saturated rings. The first-order chi connectivity index (χ1) is 11.6. The summed E-state index contributed by atoms with van der Waals surface area (Å²) in [5, 5.41) is -0.282. The van der Waals surface area contributed by atoms with E-state index in [1.54, 1.807) is 32.0 Å². The predicted octanol–water partition coefficient (Wildman–Crippen LogP) is 4.70. The van der Waals surface area contributed by atoms with Crippen molar-refractivity contribution in [3.8, 4) is 0 Å². The number of thioether (sulfide) groups is 1. The van der Waals surface area contributed by atoms with E-state index < -0.39 is 29.1 Å². The van der Waals surface area contributed by atoms with Crippen LogP contribution in [0.1, 0.15) is 25.5 Å². The molecule has 0 bridgehead atoms. The van der Waals surface area contributed by atoms with Crippen LogP contribution in [0.5, 0.6) is 0 Å². The average molecular weight is 415 g/mol. The fourth-order valence-corrected chi connectivity index (χ4v) is 3.67. The third-order valence-electron chi connectivity index (χ3n) is 2.92. The van der Waals surface area contributed by atoms with Crippen molar-refractivity contribution in [2.24, 2.45) is 0 Å². The molecule has 0 aliphatic heterocycles. The maximum Gasteiger partial charge on any atom is 0.404 e. The van der Waals surface area contributed by atoms with Gasteiger partial charge < -0.3 is 10.1 Å². The van der Waals surface area contributed by atoms with Gasteiger partial charge in [0.05, 0.1) is 6.61 Å². The first-order valence-corrected chi connectivity index (χ1v) is 9.12. The topological polar surface area (TPSA) is 51.2 Å². The van der Waals surface area contributed by atoms with E-state index in [4.69, 9.17) is 28.6 Å². The number of pyridine rings is 1. The number of halogens is 4. The summed E-state index contributed by atoms with van der Waals surface area (Å²) >= 11 is 11.3. The molecule has 1 rings (SSSR count). The summed E-state index contributed by atoms with van der Waals surface area (Å²) < 4.78 is 43.3. The van der Waals surface area contributed by atoms with Gasteiger partial charge in [0.25, 0.3) is 0 Å². The molecular weight excluding hydrogens is 397 g/mol. The summed E-state index contributed by atoms with van der Waals surface area (Å²) in [6, 6.07) is 5.07. The summed E-state index contributed by atoms with van der Waals surface area (Å²) in [7, 11) is 0. The standard InChI is InChI=1S/C15H18ClF3N2O2S2/c1-3-23-14(24)25-10(7-11(16)15(17,18)19)8-13(22)21-12-6-4-5-9(2)20-12/h4-6,10-11H,3,7-8H2,1-2H3,(H,20,21,22). The maximum atomic E-state index is 12.7. The quantitative estimate of drug-likeness (QED) is 0.517. The van der Waals surface area contributed by atoms with Gasteiger partial charge in [-0.1, -0.05) is 17.8 Å². The minimum atomic E-state index is -4.55. The minimum absolute atomic E-state index is 0.0834. The van der Waals surface area contributed by atoms with Gasteiger partial charge in [-0.25, -0.2) is 4.98 Å². The predicted molar refractivity (Wildman–Crippen MR) is 98.1 cm³/mol. The van der Waals surface area contributed by atoms with Crippen molar-refractivity contribution in [2.45, 2.75) is 43.5 Å². The smallest absolute Gasteiger partial charge is 0.404 e. The van der Waals surface area contributed by atoms with Gasteiger partial charge in [0, 0.05) is 17.4 Å². The highest BCUT2D eigenvalue weighted by atomic mass is 35.5. The van der Waals surface area contributed by atoms with Crippen LogP contribution in [0.2, 0.25) is 0 Å². The molecule has 10 heteroatoms. The second kappa shape index (κ2) is 10.2. The van der Waals surface area contributed by atoms with Crippen LogP contribution in [-0.2, 0) is 9.53 Å². The highest BCUT2D eigenvalue weighted by Crippen LogP contribution is 2.33. The average Bonchev–Trinajstić information content (AvgIpc) is 2.45. The lowest BCUT2D eigenvalue weighted by Gasteiger charge is -2.21. The van der Waals surface area contributed by atoms with E-state index in [1.807, 2.05) is 0 Å². The second-order valence-electron chi connectivity index (χ2n) is 5.08. The number of nitrogens with one attached hydrogen (secondary N) is 1. The Kier molecular flexibility index (Phi) is 8.95. The molecule has 0 radical (unpaired) electrons. The molecule has 25 heavy (non-hydrogen) atoms. The zero-order valence-electron chi connectivity index (χ0n) is 13.6. The Bertz CT molecular complexity index is 602. The van der Waals surface area contributed by atoms with Crippen molar-refractivity contribution < 1.29 is 22.7 Å². The fraction of sp³-hybridized carbons (Fsp3) is 0.533. The van der Waals surface area contributed by atoms with Gasteiger partial charge >= 0.3 is 6.18 Å². The largest absolute Gasteiger partial charge is 0.479 e. The Morgan fingerprint density at radius 2 is 2.16 bits per heavy atom. The maximum absolute atomic E-state index is 12.7. The zero-order chi connectivity index (χ0) is 19.0. The number of aryl methyl sites for hydroxylation is 1. The Balaban J connectivity index is 2.73. The molecule has 4 nitrogen and oxygen atoms in total. The lowest BCUT2D eigenvalue weighted by atomic mass is 10.1. The number of amides is 1. The lowest BCUT2D eigenvalue weighted by Crippen LogP contribution is -2.29. The molecule has 1 amide bonds. The Labute approximate surface area is 158 Å². The molecule has 1 aromatic rings. The van der Waals surface area contributed by atoms with E-state index in [0.29, 0.717) is 18.1 Å². The number of carbonyl (C=O) groups is 1. The summed E-state index contributed by atoms with van der Waals surface area (Å²) in [6.07, 6.45) is -5.22. The first-order valence-electron chi connectivity index (χ1n) is 7.39. The minimum Gasteiger partial charge on any atom is -0.479 e. The molecule has 0 spiro atoms. The SMILES string of the molecule is CCOC(=S)SC(CC(=O)Nc1cccc(C)n1)CC(Cl)C(F)(F)F. The van der Waals surface area contributed by atoms with Crippen LogP contribution in [0.4, 0.5) is 19.0 Å². The van der Waals surface area contributed by atoms with Crippen LogP contribution in [0, 0.1) is 6.92 Å². The molecule has 2 unspecified atom stereocenters. The number of hydrogen-bond acceptors (Lipinski definition) is 5. The molecule has 1 aromatic heterocycles. The van der Waals surface area contributed by atoms with E-state index in [1.165, 1.54) is 0 Å². The van der Waals surface area contributed by atoms with Gasteiger partial charge in [-0.05, 0) is 44.6 Å². The normalized spacial score (nSPS) is 13.8. The van der Waals surface area contributed by atoms with Crippen molar-refractivity contribution in [1.29, 1.82) is 0 Å². The Hall–Kier alpha value is -1.06. The number of anilines is 1. The van der Waals surface area contributed by atoms with E-state index in [2.05, 4.69) is 10.3 Å². The highest BCUT2D eigenvalue weighted by Gasteiger charge is 2.40. The van der Waals surface area contributed by atoms with Gasteiger partial charge in [-0.2, -0.15) is 13.2 Å². The van der Waals surface area contributed by atoms with Crippen molar-refractivity contribution in [3.63, 3.8) is 0 Å². The van der Waals surface area contributed by atoms with Crippen LogP contribution in [0.15, 0.2) is 18.2 Å². The lowest BCUT2D eigenvalue weighted by molar-refractivity contribution is -0.132. The van der Waals surface area contributed by atoms with Crippen molar-refractivity contribution in [2.75, 3.05) is 11.9 Å². The number of alkyl halides is 4. The molecule has 1 heterocycles. The van der Waals surface area contributed by atoms with Gasteiger partial charge in [-0.3, -0.25) is 4.79 Å². The Morgan fingerprint density at radius 3 is 2.72 bits per heavy atom. The third-order valence-corrected chi connectivity index (χ3v) is 4.75. The van der Waals surface area contributed by atoms with Crippen LogP contribution in [0.3, 0.4) is 0 Å². The number of hydrogen-bond donors (Lipinski definition) is 1. The third kappa shape index (κ3) is 8.73. The molecule has 1 N–H and O–H groups in total. The first kappa shape index (κ1) is 22.0. The van der Waals surface area contributed by atoms with Gasteiger partial charge in [0.2, 0.25) is 10.3 Å². The summed E-state index contributed by atoms with van der Waals surface area (Å²) in [4.78, 5) is 16.2. The van der Waals surface area contributed by atoms with Gasteiger partial charge in [-0.15, -0.1) is 11.6 Å². The number of rotatable bonds is 7. The molecule has 0 saturated carbocycles. The molecule has 0 saturated heterocycles. The number of thiocarbonyl (C=S) groups is 1. The number of aromatic nitrogens is 1. The van der Waals surface area contributed by atoms with Crippen molar-refractivity contribution in [3.05, 3.63) is 23.9 Å². The second-order valence-corrected chi connectivity index (χ2v) is 7.51. The van der Waals surface area contributed by atoms with Crippen LogP contribution in [-0.4, -0.2) is 38.7 Å². The van der Waals surface area contributed by atoms with Crippen LogP contribution >= 0.6 is 35.6 Å². The summed E-state index contributed by atoms with van der Waals surface area (Å²) in [5.41, 5.74) is 0.708. The number of nitrogens with zero attached hydrogens (tertiary/aromatic N) is 1. The van der Waals surface area contributed by atoms with E-state index in [0.717, 1.165) is 11.8 Å². The van der Waals surface area contributed by atoms with Crippen molar-refractivity contribution in [1.82, 2.24) is 4.98 Å². The molecule has 0 aliphatic rings. The molecule has 2 atom stereocenters. The Morgan fingerprint density at radius 1 is 1.48 bits per heavy atom. The van der Waals surface area contributed by atoms with E-state index in [9.17, 15) is 18.0 Å². The monoisotopic (exact) mass is 414 g/mol. The van der Waals surface area contributed by atoms with Crippen LogP contribution in [0.25, 0.3) is 0 Å². The fourth-order valence-electron chi connectivity index (χ4n) is 1.84. The molecule has 0 aliphatic carbocycles. The van der Waals surface area contributed by atoms with Gasteiger partial charge in [0.15, 0.2) is 0 Å². The summed E-state index contributed by atoms with van der Waals surface area (Å²) in [5.74, 6) is -0.139. The molecule has 140 valence electrons.